The van der Waals surface area contributed by atoms with Crippen LogP contribution in [0.15, 0.2) is 29.3 Å². The number of aliphatic imine (C=N–C) groups is 1. The summed E-state index contributed by atoms with van der Waals surface area (Å²) in [4.78, 5) is 28.6. The smallest absolute Gasteiger partial charge is 0.269 e. The number of guanidine groups is 1. The lowest BCUT2D eigenvalue weighted by Gasteiger charge is -2.19. The molecule has 1 aliphatic carbocycles. The third-order valence-electron chi connectivity index (χ3n) is 5.33. The van der Waals surface area contributed by atoms with Gasteiger partial charge in [-0.1, -0.05) is 25.0 Å². The molecular weight excluding hydrogens is 358 g/mol. The van der Waals surface area contributed by atoms with Gasteiger partial charge in [-0.15, -0.1) is 0 Å². The predicted molar refractivity (Wildman–Crippen MR) is 108 cm³/mol. The van der Waals surface area contributed by atoms with Crippen molar-refractivity contribution in [3.05, 3.63) is 39.9 Å². The van der Waals surface area contributed by atoms with E-state index < -0.39 is 4.92 Å². The first-order valence-electron chi connectivity index (χ1n) is 10.2. The minimum absolute atomic E-state index is 0.0895. The summed E-state index contributed by atoms with van der Waals surface area (Å²) < 4.78 is 0. The third kappa shape index (κ3) is 5.94. The summed E-state index contributed by atoms with van der Waals surface area (Å²) in [6, 6.07) is 6.95. The van der Waals surface area contributed by atoms with Crippen LogP contribution in [0.1, 0.15) is 50.5 Å². The van der Waals surface area contributed by atoms with E-state index in [2.05, 4.69) is 15.6 Å². The number of amides is 1. The standard InChI is InChI=1S/C20H29N5O3/c26-19-7-3-13-24(19)14-4-12-21-20(23-17-5-1-2-6-17)22-15-16-8-10-18(11-9-16)25(27)28/h8-11,17H,1-7,12-15H2,(H2,21,22,23). The molecule has 1 amide bonds. The summed E-state index contributed by atoms with van der Waals surface area (Å²) in [5, 5.41) is 17.6. The lowest BCUT2D eigenvalue weighted by Crippen LogP contribution is -2.43. The molecule has 1 saturated heterocycles. The third-order valence-corrected chi connectivity index (χ3v) is 5.33. The Balaban J connectivity index is 1.52. The number of nitro benzene ring substituents is 1. The highest BCUT2D eigenvalue weighted by molar-refractivity contribution is 5.80. The largest absolute Gasteiger partial charge is 0.356 e. The zero-order chi connectivity index (χ0) is 19.8. The van der Waals surface area contributed by atoms with Crippen LogP contribution in [-0.4, -0.2) is 47.4 Å². The normalized spacial score (nSPS) is 17.9. The van der Waals surface area contributed by atoms with Gasteiger partial charge >= 0.3 is 0 Å². The highest BCUT2D eigenvalue weighted by Gasteiger charge is 2.19. The minimum Gasteiger partial charge on any atom is -0.356 e. The second-order valence-corrected chi connectivity index (χ2v) is 7.48. The van der Waals surface area contributed by atoms with Crippen molar-refractivity contribution in [3.63, 3.8) is 0 Å². The first kappa shape index (κ1) is 20.1. The van der Waals surface area contributed by atoms with Crippen LogP contribution in [0.25, 0.3) is 0 Å². The van der Waals surface area contributed by atoms with Crippen molar-refractivity contribution in [1.82, 2.24) is 15.5 Å². The molecule has 1 saturated carbocycles. The van der Waals surface area contributed by atoms with E-state index in [0.29, 0.717) is 19.0 Å². The Kier molecular flexibility index (Phi) is 7.22. The lowest BCUT2D eigenvalue weighted by atomic mass is 10.2. The monoisotopic (exact) mass is 387 g/mol. The molecule has 0 aromatic heterocycles. The molecule has 8 nitrogen and oxygen atoms in total. The molecule has 8 heteroatoms. The van der Waals surface area contributed by atoms with Crippen molar-refractivity contribution in [1.29, 1.82) is 0 Å². The van der Waals surface area contributed by atoms with E-state index in [0.717, 1.165) is 56.8 Å². The topological polar surface area (TPSA) is 99.9 Å². The molecule has 1 aromatic carbocycles. The van der Waals surface area contributed by atoms with Crippen molar-refractivity contribution in [3.8, 4) is 0 Å². The molecule has 0 unspecified atom stereocenters. The van der Waals surface area contributed by atoms with Gasteiger partial charge in [0.15, 0.2) is 5.96 Å². The molecule has 152 valence electrons. The number of hydrogen-bond acceptors (Lipinski definition) is 4. The number of non-ortho nitro benzene ring substituents is 1. The lowest BCUT2D eigenvalue weighted by molar-refractivity contribution is -0.384. The second-order valence-electron chi connectivity index (χ2n) is 7.48. The molecule has 0 atom stereocenters. The highest BCUT2D eigenvalue weighted by Crippen LogP contribution is 2.17. The van der Waals surface area contributed by atoms with Crippen LogP contribution < -0.4 is 10.6 Å². The number of carbonyl (C=O) groups excluding carboxylic acids is 1. The Morgan fingerprint density at radius 2 is 1.96 bits per heavy atom. The molecular formula is C20H29N5O3. The molecule has 28 heavy (non-hydrogen) atoms. The number of hydrogen-bond donors (Lipinski definition) is 2. The number of nitrogens with zero attached hydrogens (tertiary/aromatic N) is 3. The Labute approximate surface area is 165 Å². The highest BCUT2D eigenvalue weighted by atomic mass is 16.6. The van der Waals surface area contributed by atoms with E-state index in [1.807, 2.05) is 4.90 Å². The zero-order valence-electron chi connectivity index (χ0n) is 16.2. The summed E-state index contributed by atoms with van der Waals surface area (Å²) >= 11 is 0. The molecule has 2 N–H and O–H groups in total. The minimum atomic E-state index is -0.396. The summed E-state index contributed by atoms with van der Waals surface area (Å²) in [5.74, 6) is 1.04. The maximum Gasteiger partial charge on any atom is 0.269 e. The van der Waals surface area contributed by atoms with Gasteiger partial charge in [-0.3, -0.25) is 14.9 Å². The molecule has 1 aliphatic heterocycles. The Bertz CT molecular complexity index is 698. The van der Waals surface area contributed by atoms with Crippen LogP contribution in [-0.2, 0) is 11.3 Å². The number of benzene rings is 1. The van der Waals surface area contributed by atoms with E-state index >= 15 is 0 Å². The fraction of sp³-hybridized carbons (Fsp3) is 0.600. The van der Waals surface area contributed by atoms with Crippen molar-refractivity contribution < 1.29 is 9.72 Å². The van der Waals surface area contributed by atoms with Gasteiger partial charge in [-0.05, 0) is 31.2 Å². The van der Waals surface area contributed by atoms with Crippen LogP contribution in [0.3, 0.4) is 0 Å². The summed E-state index contributed by atoms with van der Waals surface area (Å²) in [6.45, 7) is 2.87. The van der Waals surface area contributed by atoms with Gasteiger partial charge in [0.1, 0.15) is 0 Å². The second kappa shape index (κ2) is 10.1. The molecule has 1 aromatic rings. The van der Waals surface area contributed by atoms with Gasteiger partial charge < -0.3 is 15.5 Å². The maximum absolute atomic E-state index is 11.7. The molecule has 0 bridgehead atoms. The summed E-state index contributed by atoms with van der Waals surface area (Å²) in [6.07, 6.45) is 7.32. The number of likely N-dealkylation sites (tertiary alicyclic amines) is 1. The van der Waals surface area contributed by atoms with Gasteiger partial charge in [0.05, 0.1) is 11.5 Å². The average Bonchev–Trinajstić information content (AvgIpc) is 3.35. The van der Waals surface area contributed by atoms with Gasteiger partial charge in [0.2, 0.25) is 5.91 Å². The van der Waals surface area contributed by atoms with Crippen molar-refractivity contribution in [2.75, 3.05) is 19.6 Å². The van der Waals surface area contributed by atoms with Crippen molar-refractivity contribution >= 4 is 17.6 Å². The van der Waals surface area contributed by atoms with E-state index in [-0.39, 0.29) is 11.6 Å². The number of carbonyl (C=O) groups is 1. The predicted octanol–water partition coefficient (Wildman–Crippen LogP) is 2.59. The summed E-state index contributed by atoms with van der Waals surface area (Å²) in [5.41, 5.74) is 1.02. The fourth-order valence-electron chi connectivity index (χ4n) is 3.73. The number of nitrogens with one attached hydrogen (secondary N) is 2. The van der Waals surface area contributed by atoms with Gasteiger partial charge in [0, 0.05) is 44.2 Å². The van der Waals surface area contributed by atoms with E-state index in [4.69, 9.17) is 0 Å². The molecule has 1 heterocycles. The Morgan fingerprint density at radius 3 is 2.61 bits per heavy atom. The van der Waals surface area contributed by atoms with Crippen LogP contribution in [0.2, 0.25) is 0 Å². The van der Waals surface area contributed by atoms with Crippen LogP contribution >= 0.6 is 0 Å². The van der Waals surface area contributed by atoms with Crippen LogP contribution in [0.4, 0.5) is 5.69 Å². The molecule has 2 aliphatic rings. The molecule has 0 radical (unpaired) electrons. The maximum atomic E-state index is 11.7. The first-order valence-corrected chi connectivity index (χ1v) is 10.2. The quantitative estimate of drug-likeness (QED) is 0.235. The molecule has 2 fully saturated rings. The van der Waals surface area contributed by atoms with Gasteiger partial charge in [-0.25, -0.2) is 4.99 Å². The zero-order valence-corrected chi connectivity index (χ0v) is 16.2. The average molecular weight is 387 g/mol. The van der Waals surface area contributed by atoms with E-state index in [9.17, 15) is 14.9 Å². The Morgan fingerprint density at radius 1 is 1.21 bits per heavy atom. The summed E-state index contributed by atoms with van der Waals surface area (Å²) in [7, 11) is 0. The fourth-order valence-corrected chi connectivity index (χ4v) is 3.73. The van der Waals surface area contributed by atoms with Gasteiger partial charge in [-0.2, -0.15) is 0 Å². The SMILES string of the molecule is O=C1CCCN1CCCNC(=NCc1ccc([N+](=O)[O-])cc1)NC1CCCC1. The molecule has 0 spiro atoms. The van der Waals surface area contributed by atoms with Gasteiger partial charge in [0.25, 0.3) is 5.69 Å². The number of nitro groups is 1. The van der Waals surface area contributed by atoms with Crippen LogP contribution in [0, 0.1) is 10.1 Å². The van der Waals surface area contributed by atoms with Crippen LogP contribution in [0.5, 0.6) is 0 Å². The van der Waals surface area contributed by atoms with E-state index in [1.165, 1.54) is 25.0 Å². The molecule has 3 rings (SSSR count). The number of rotatable bonds is 8. The Hall–Kier alpha value is -2.64. The first-order chi connectivity index (χ1) is 13.6. The van der Waals surface area contributed by atoms with Crippen molar-refractivity contribution in [2.24, 2.45) is 4.99 Å². The van der Waals surface area contributed by atoms with E-state index in [1.54, 1.807) is 12.1 Å². The van der Waals surface area contributed by atoms with Crippen molar-refractivity contribution in [2.45, 2.75) is 57.5 Å².